The first kappa shape index (κ1) is 19.0. The molecule has 0 spiro atoms. The molecule has 1 aromatic carbocycles. The minimum atomic E-state index is -4.72. The van der Waals surface area contributed by atoms with Crippen molar-refractivity contribution in [1.82, 2.24) is 19.7 Å². The minimum Gasteiger partial charge on any atom is -0.242 e. The van der Waals surface area contributed by atoms with Gasteiger partial charge in [-0.05, 0) is 43.2 Å². The second-order valence-corrected chi connectivity index (χ2v) is 8.06. The highest BCUT2D eigenvalue weighted by Crippen LogP contribution is 2.31. The molecule has 3 aromatic rings. The summed E-state index contributed by atoms with van der Waals surface area (Å²) in [5, 5.41) is 3.38. The zero-order chi connectivity index (χ0) is 20.0. The first-order valence-electron chi connectivity index (χ1n) is 7.75. The van der Waals surface area contributed by atoms with Gasteiger partial charge in [-0.15, -0.1) is 5.10 Å². The molecular weight excluding hydrogens is 381 g/mol. The quantitative estimate of drug-likeness (QED) is 0.678. The largest absolute Gasteiger partial charge is 0.453 e. The molecule has 0 amide bonds. The Labute approximate surface area is 153 Å². The first-order valence-corrected chi connectivity index (χ1v) is 9.64. The average molecular weight is 396 g/mol. The molecule has 27 heavy (non-hydrogen) atoms. The van der Waals surface area contributed by atoms with Crippen molar-refractivity contribution in [2.24, 2.45) is 0 Å². The number of hydrogen-bond donors (Lipinski definition) is 0. The molecule has 0 aliphatic rings. The van der Waals surface area contributed by atoms with E-state index in [4.69, 9.17) is 0 Å². The van der Waals surface area contributed by atoms with E-state index >= 15 is 0 Å². The number of halogens is 3. The lowest BCUT2D eigenvalue weighted by molar-refractivity contribution is -0.144. The molecule has 3 rings (SSSR count). The van der Waals surface area contributed by atoms with E-state index in [1.165, 1.54) is 12.1 Å². The Morgan fingerprint density at radius 3 is 2.26 bits per heavy atom. The van der Waals surface area contributed by atoms with Crippen LogP contribution >= 0.6 is 0 Å². The Balaban J connectivity index is 2.19. The van der Waals surface area contributed by atoms with Gasteiger partial charge in [0.2, 0.25) is 0 Å². The van der Waals surface area contributed by atoms with Gasteiger partial charge in [0.1, 0.15) is 0 Å². The van der Waals surface area contributed by atoms with Crippen molar-refractivity contribution < 1.29 is 21.6 Å². The highest BCUT2D eigenvalue weighted by Gasteiger charge is 2.37. The van der Waals surface area contributed by atoms with Crippen molar-refractivity contribution in [3.05, 3.63) is 53.5 Å². The molecule has 0 radical (unpaired) electrons. The van der Waals surface area contributed by atoms with Crippen molar-refractivity contribution in [3.8, 4) is 17.1 Å². The van der Waals surface area contributed by atoms with Crippen LogP contribution in [0.1, 0.15) is 17.0 Å². The Morgan fingerprint density at radius 2 is 1.74 bits per heavy atom. The second kappa shape index (κ2) is 6.45. The lowest BCUT2D eigenvalue weighted by Crippen LogP contribution is -2.09. The lowest BCUT2D eigenvalue weighted by Gasteiger charge is -2.08. The SMILES string of the molecule is Cc1ccc(-c2nc(C(F)(F)F)nn2-c2ccc(S(C)(=O)=O)nc2)cc1C. The standard InChI is InChI=1S/C17H15F3N4O2S/c1-10-4-5-12(8-11(10)2)15-22-16(17(18,19)20)23-24(15)13-6-7-14(21-9-13)27(3,25)26/h4-9H,1-3H3. The van der Waals surface area contributed by atoms with Crippen molar-refractivity contribution in [3.63, 3.8) is 0 Å². The van der Waals surface area contributed by atoms with E-state index in [-0.39, 0.29) is 16.5 Å². The van der Waals surface area contributed by atoms with Crippen LogP contribution in [0.5, 0.6) is 0 Å². The monoisotopic (exact) mass is 396 g/mol. The molecule has 0 unspecified atom stereocenters. The average Bonchev–Trinajstić information content (AvgIpc) is 3.02. The van der Waals surface area contributed by atoms with Crippen LogP contribution < -0.4 is 0 Å². The Hall–Kier alpha value is -2.75. The zero-order valence-corrected chi connectivity index (χ0v) is 15.4. The summed E-state index contributed by atoms with van der Waals surface area (Å²) in [6.07, 6.45) is -2.58. The molecule has 142 valence electrons. The molecule has 6 nitrogen and oxygen atoms in total. The third-order valence-electron chi connectivity index (χ3n) is 3.97. The summed E-state index contributed by atoms with van der Waals surface area (Å²) in [4.78, 5) is 7.46. The maximum absolute atomic E-state index is 13.1. The molecule has 0 aliphatic heterocycles. The molecule has 10 heteroatoms. The summed E-state index contributed by atoms with van der Waals surface area (Å²) in [5.74, 6) is -1.30. The van der Waals surface area contributed by atoms with E-state index in [0.717, 1.165) is 28.3 Å². The van der Waals surface area contributed by atoms with Gasteiger partial charge in [0.25, 0.3) is 5.82 Å². The smallest absolute Gasteiger partial charge is 0.242 e. The Kier molecular flexibility index (Phi) is 4.54. The highest BCUT2D eigenvalue weighted by molar-refractivity contribution is 7.90. The molecule has 0 saturated heterocycles. The number of benzene rings is 1. The number of rotatable bonds is 3. The predicted octanol–water partition coefficient (Wildman–Crippen LogP) is 3.37. The minimum absolute atomic E-state index is 0.0145. The number of aromatic nitrogens is 4. The molecule has 0 aliphatic carbocycles. The maximum Gasteiger partial charge on any atom is 0.453 e. The van der Waals surface area contributed by atoms with Crippen LogP contribution in [0.25, 0.3) is 17.1 Å². The fourth-order valence-corrected chi connectivity index (χ4v) is 2.96. The Bertz CT molecular complexity index is 1100. The van der Waals surface area contributed by atoms with Crippen LogP contribution in [-0.4, -0.2) is 34.4 Å². The van der Waals surface area contributed by atoms with Crippen LogP contribution in [0.3, 0.4) is 0 Å². The fraction of sp³-hybridized carbons (Fsp3) is 0.235. The molecular formula is C17H15F3N4O2S. The number of pyridine rings is 1. The predicted molar refractivity (Wildman–Crippen MR) is 92.2 cm³/mol. The van der Waals surface area contributed by atoms with Crippen molar-refractivity contribution in [2.75, 3.05) is 6.26 Å². The summed E-state index contributed by atoms with van der Waals surface area (Å²) in [6.45, 7) is 3.73. The summed E-state index contributed by atoms with van der Waals surface area (Å²) >= 11 is 0. The van der Waals surface area contributed by atoms with E-state index in [0.29, 0.717) is 5.56 Å². The summed E-state index contributed by atoms with van der Waals surface area (Å²) in [5.41, 5.74) is 2.49. The molecule has 0 N–H and O–H groups in total. The third kappa shape index (κ3) is 3.85. The number of nitrogens with zero attached hydrogens (tertiary/aromatic N) is 4. The molecule has 0 saturated carbocycles. The molecule has 0 bridgehead atoms. The third-order valence-corrected chi connectivity index (χ3v) is 4.97. The zero-order valence-electron chi connectivity index (χ0n) is 14.6. The van der Waals surface area contributed by atoms with Crippen LogP contribution in [0.4, 0.5) is 13.2 Å². The maximum atomic E-state index is 13.1. The van der Waals surface area contributed by atoms with Gasteiger partial charge in [-0.1, -0.05) is 12.1 Å². The highest BCUT2D eigenvalue weighted by atomic mass is 32.2. The van der Waals surface area contributed by atoms with Gasteiger partial charge in [0, 0.05) is 11.8 Å². The van der Waals surface area contributed by atoms with Gasteiger partial charge in [-0.2, -0.15) is 13.2 Å². The topological polar surface area (TPSA) is 77.7 Å². The summed E-state index contributed by atoms with van der Waals surface area (Å²) in [7, 11) is -3.53. The normalized spacial score (nSPS) is 12.4. The summed E-state index contributed by atoms with van der Waals surface area (Å²) in [6, 6.07) is 7.70. The Morgan fingerprint density at radius 1 is 1.04 bits per heavy atom. The van der Waals surface area contributed by atoms with Crippen LogP contribution in [0.15, 0.2) is 41.6 Å². The lowest BCUT2D eigenvalue weighted by atomic mass is 10.1. The van der Waals surface area contributed by atoms with Gasteiger partial charge < -0.3 is 0 Å². The second-order valence-electron chi connectivity index (χ2n) is 6.09. The van der Waals surface area contributed by atoms with Gasteiger partial charge in [-0.3, -0.25) is 0 Å². The molecule has 2 heterocycles. The first-order chi connectivity index (χ1) is 12.5. The van der Waals surface area contributed by atoms with E-state index in [1.807, 2.05) is 13.8 Å². The molecule has 2 aromatic heterocycles. The van der Waals surface area contributed by atoms with Crippen LogP contribution in [-0.2, 0) is 16.0 Å². The number of hydrogen-bond acceptors (Lipinski definition) is 5. The van der Waals surface area contributed by atoms with Gasteiger partial charge in [0.05, 0.1) is 11.9 Å². The van der Waals surface area contributed by atoms with E-state index < -0.39 is 21.8 Å². The molecule has 0 atom stereocenters. The van der Waals surface area contributed by atoms with Crippen LogP contribution in [0, 0.1) is 13.8 Å². The van der Waals surface area contributed by atoms with Crippen LogP contribution in [0.2, 0.25) is 0 Å². The van der Waals surface area contributed by atoms with E-state index in [2.05, 4.69) is 15.1 Å². The van der Waals surface area contributed by atoms with E-state index in [9.17, 15) is 21.6 Å². The van der Waals surface area contributed by atoms with Gasteiger partial charge in [0.15, 0.2) is 20.7 Å². The number of alkyl halides is 3. The molecule has 0 fully saturated rings. The summed E-state index contributed by atoms with van der Waals surface area (Å²) < 4.78 is 63.5. The van der Waals surface area contributed by atoms with Gasteiger partial charge in [-0.25, -0.2) is 23.1 Å². The van der Waals surface area contributed by atoms with Gasteiger partial charge >= 0.3 is 6.18 Å². The van der Waals surface area contributed by atoms with Crippen molar-refractivity contribution in [1.29, 1.82) is 0 Å². The number of aryl methyl sites for hydroxylation is 2. The van der Waals surface area contributed by atoms with Crippen molar-refractivity contribution >= 4 is 9.84 Å². The fourth-order valence-electron chi connectivity index (χ4n) is 2.40. The van der Waals surface area contributed by atoms with E-state index in [1.54, 1.807) is 18.2 Å². The number of sulfone groups is 1. The van der Waals surface area contributed by atoms with Crippen molar-refractivity contribution in [2.45, 2.75) is 25.0 Å².